The van der Waals surface area contributed by atoms with Crippen molar-refractivity contribution in [3.8, 4) is 0 Å². The molecule has 0 aromatic carbocycles. The van der Waals surface area contributed by atoms with E-state index in [0.29, 0.717) is 0 Å². The van der Waals surface area contributed by atoms with Crippen LogP contribution in [0.15, 0.2) is 0 Å². The van der Waals surface area contributed by atoms with Crippen LogP contribution < -0.4 is 0 Å². The highest BCUT2D eigenvalue weighted by Crippen LogP contribution is 2.11. The number of halogens is 4. The van der Waals surface area contributed by atoms with Crippen LogP contribution in [0.4, 0.5) is 17.7 Å². The van der Waals surface area contributed by atoms with Crippen molar-refractivity contribution < 1.29 is 30.5 Å². The first-order valence-corrected chi connectivity index (χ1v) is 4.42. The summed E-state index contributed by atoms with van der Waals surface area (Å²) in [7, 11) is -4.49. The lowest BCUT2D eigenvalue weighted by atomic mass is 10.3. The number of hydrogen-bond acceptors (Lipinski definition) is 3. The van der Waals surface area contributed by atoms with Gasteiger partial charge in [0.2, 0.25) is 0 Å². The van der Waals surface area contributed by atoms with E-state index >= 15 is 0 Å². The van der Waals surface area contributed by atoms with Crippen molar-refractivity contribution in [3.05, 3.63) is 0 Å². The molecule has 1 atom stereocenters. The second-order valence-corrected chi connectivity index (χ2v) is 3.61. The molecular weight excluding hydrogens is 204 g/mol. The molecule has 0 amide bonds. The van der Waals surface area contributed by atoms with Gasteiger partial charge < -0.3 is 0 Å². The van der Waals surface area contributed by atoms with Crippen molar-refractivity contribution in [3.63, 3.8) is 0 Å². The molecule has 8 heteroatoms. The van der Waals surface area contributed by atoms with Gasteiger partial charge in [-0.1, -0.05) is 4.39 Å². The summed E-state index contributed by atoms with van der Waals surface area (Å²) in [4.78, 5) is 0. The van der Waals surface area contributed by atoms with Gasteiger partial charge in [0.05, 0.1) is 5.75 Å². The van der Waals surface area contributed by atoms with Gasteiger partial charge in [0.1, 0.15) is 0 Å². The molecule has 0 aromatic heterocycles. The van der Waals surface area contributed by atoms with E-state index in [4.69, 9.17) is 0 Å². The predicted octanol–water partition coefficient (Wildman–Crippen LogP) is 1.21. The van der Waals surface area contributed by atoms with Gasteiger partial charge in [0.25, 0.3) is 16.5 Å². The fourth-order valence-corrected chi connectivity index (χ4v) is 0.991. The average Bonchev–Trinajstić information content (AvgIpc) is 2.00. The van der Waals surface area contributed by atoms with Crippen LogP contribution in [-0.2, 0) is 14.5 Å². The minimum Gasteiger partial charge on any atom is -0.241 e. The zero-order valence-electron chi connectivity index (χ0n) is 5.71. The second kappa shape index (κ2) is 4.61. The Morgan fingerprint density at radius 1 is 1.25 bits per heavy atom. The van der Waals surface area contributed by atoms with E-state index in [-0.39, 0.29) is 0 Å². The van der Waals surface area contributed by atoms with Crippen molar-refractivity contribution in [1.82, 2.24) is 0 Å². The maximum Gasteiger partial charge on any atom is 0.298 e. The molecule has 74 valence electrons. The first kappa shape index (κ1) is 11.6. The minimum absolute atomic E-state index is 0.982. The summed E-state index contributed by atoms with van der Waals surface area (Å²) in [6.45, 7) is 0. The predicted molar refractivity (Wildman–Crippen MR) is 31.5 cm³/mol. The molecule has 0 aliphatic heterocycles. The highest BCUT2D eigenvalue weighted by molar-refractivity contribution is 7.86. The molecule has 0 heterocycles. The van der Waals surface area contributed by atoms with Crippen LogP contribution in [0.25, 0.3) is 0 Å². The Labute approximate surface area is 66.3 Å². The van der Waals surface area contributed by atoms with Crippen LogP contribution in [-0.4, -0.2) is 26.8 Å². The fourth-order valence-electron chi connectivity index (χ4n) is 0.414. The van der Waals surface area contributed by atoms with Crippen molar-refractivity contribution in [1.29, 1.82) is 0 Å². The minimum atomic E-state index is -4.49. The van der Waals surface area contributed by atoms with Crippen LogP contribution in [0.3, 0.4) is 0 Å². The maximum absolute atomic E-state index is 12.0. The molecule has 0 aliphatic carbocycles. The quantitative estimate of drug-likeness (QED) is 0.640. The fraction of sp³-hybridized carbons (Fsp3) is 1.00. The molecule has 0 aliphatic rings. The maximum atomic E-state index is 12.0. The normalized spacial score (nSPS) is 15.1. The van der Waals surface area contributed by atoms with Crippen LogP contribution in [0, 0.1) is 0 Å². The molecule has 0 fully saturated rings. The summed E-state index contributed by atoms with van der Waals surface area (Å²) in [6.07, 6.45) is -6.82. The molecule has 1 unspecified atom stereocenters. The van der Waals surface area contributed by atoms with Gasteiger partial charge in [-0.15, -0.1) is 0 Å². The van der Waals surface area contributed by atoms with Crippen molar-refractivity contribution >= 4 is 10.1 Å². The first-order chi connectivity index (χ1) is 5.39. The third kappa shape index (κ3) is 4.50. The van der Waals surface area contributed by atoms with E-state index in [1.807, 2.05) is 0 Å². The Kier molecular flexibility index (Phi) is 4.46. The molecule has 0 spiro atoms. The molecule has 0 aromatic rings. The van der Waals surface area contributed by atoms with Crippen LogP contribution in [0.2, 0.25) is 0 Å². The third-order valence-electron chi connectivity index (χ3n) is 1.01. The topological polar surface area (TPSA) is 43.4 Å². The lowest BCUT2D eigenvalue weighted by Gasteiger charge is -2.04. The highest BCUT2D eigenvalue weighted by atomic mass is 32.2. The van der Waals surface area contributed by atoms with Crippen LogP contribution in [0.5, 0.6) is 0 Å². The zero-order chi connectivity index (χ0) is 9.78. The molecule has 12 heavy (non-hydrogen) atoms. The van der Waals surface area contributed by atoms with Gasteiger partial charge in [-0.25, -0.2) is 13.2 Å². The third-order valence-corrected chi connectivity index (χ3v) is 1.94. The summed E-state index contributed by atoms with van der Waals surface area (Å²) in [5.74, 6) is -1.10. The Morgan fingerprint density at radius 2 is 1.75 bits per heavy atom. The number of alkyl halides is 3. The second-order valence-electron chi connectivity index (χ2n) is 1.96. The molecule has 0 N–H and O–H groups in total. The Hall–Kier alpha value is -0.370. The zero-order valence-corrected chi connectivity index (χ0v) is 6.53. The van der Waals surface area contributed by atoms with Crippen molar-refractivity contribution in [2.45, 2.75) is 19.0 Å². The van der Waals surface area contributed by atoms with E-state index in [0.717, 1.165) is 0 Å². The Balaban J connectivity index is 3.84. The van der Waals surface area contributed by atoms with Crippen LogP contribution in [0.1, 0.15) is 6.42 Å². The first-order valence-electron chi connectivity index (χ1n) is 2.84. The van der Waals surface area contributed by atoms with Gasteiger partial charge in [0, 0.05) is 6.42 Å². The van der Waals surface area contributed by atoms with Gasteiger partial charge >= 0.3 is 0 Å². The summed E-state index contributed by atoms with van der Waals surface area (Å²) in [5.41, 5.74) is 0. The Morgan fingerprint density at radius 3 is 2.08 bits per heavy atom. The van der Waals surface area contributed by atoms with Crippen LogP contribution >= 0.6 is 0 Å². The Bertz CT molecular complexity index is 214. The van der Waals surface area contributed by atoms with E-state index in [1.54, 1.807) is 0 Å². The number of hydrogen-bond donors (Lipinski definition) is 0. The SMILES string of the molecule is O=S(=O)(CCC(F)C(F)F)OF. The number of rotatable bonds is 5. The van der Waals surface area contributed by atoms with E-state index in [1.165, 1.54) is 0 Å². The molecule has 0 saturated carbocycles. The molecule has 0 saturated heterocycles. The van der Waals surface area contributed by atoms with Gasteiger partial charge in [-0.3, -0.25) is 0 Å². The molecule has 0 rings (SSSR count). The lowest BCUT2D eigenvalue weighted by Crippen LogP contribution is -2.17. The van der Waals surface area contributed by atoms with Gasteiger partial charge in [-0.05, 0) is 4.53 Å². The molecular formula is C4H6F4O3S. The summed E-state index contributed by atoms with van der Waals surface area (Å²) >= 11 is 0. The lowest BCUT2D eigenvalue weighted by molar-refractivity contribution is 0.00149. The van der Waals surface area contributed by atoms with Gasteiger partial charge in [0.15, 0.2) is 6.17 Å². The summed E-state index contributed by atoms with van der Waals surface area (Å²) < 4.78 is 68.5. The van der Waals surface area contributed by atoms with E-state index in [9.17, 15) is 26.1 Å². The summed E-state index contributed by atoms with van der Waals surface area (Å²) in [6, 6.07) is 0. The average molecular weight is 210 g/mol. The monoisotopic (exact) mass is 210 g/mol. The largest absolute Gasteiger partial charge is 0.298 e. The molecule has 0 bridgehead atoms. The van der Waals surface area contributed by atoms with Crippen molar-refractivity contribution in [2.75, 3.05) is 5.75 Å². The standard InChI is InChI=1S/C4H6F4O3S/c5-3(4(6)7)1-2-12(9,10)11-8/h3-4H,1-2H2. The van der Waals surface area contributed by atoms with E-state index < -0.39 is 34.9 Å². The van der Waals surface area contributed by atoms with Gasteiger partial charge in [-0.2, -0.15) is 8.42 Å². The highest BCUT2D eigenvalue weighted by Gasteiger charge is 2.23. The summed E-state index contributed by atoms with van der Waals surface area (Å²) in [5, 5.41) is 0. The van der Waals surface area contributed by atoms with Crippen molar-refractivity contribution in [2.24, 2.45) is 0 Å². The molecule has 3 nitrogen and oxygen atoms in total. The van der Waals surface area contributed by atoms with E-state index in [2.05, 4.69) is 4.39 Å². The smallest absolute Gasteiger partial charge is 0.241 e. The molecule has 0 radical (unpaired) electrons.